The molecule has 1 heterocycles. The van der Waals surface area contributed by atoms with Crippen molar-refractivity contribution < 1.29 is 28.6 Å². The van der Waals surface area contributed by atoms with Crippen molar-refractivity contribution in [1.82, 2.24) is 5.32 Å². The minimum Gasteiger partial charge on any atom is -0.493 e. The highest BCUT2D eigenvalue weighted by Crippen LogP contribution is 2.39. The molecule has 8 nitrogen and oxygen atoms in total. The van der Waals surface area contributed by atoms with Crippen LogP contribution in [0.1, 0.15) is 11.1 Å². The molecule has 0 spiro atoms. The fourth-order valence-electron chi connectivity index (χ4n) is 3.04. The van der Waals surface area contributed by atoms with Crippen molar-refractivity contribution in [2.24, 2.45) is 0 Å². The van der Waals surface area contributed by atoms with Crippen LogP contribution < -0.4 is 24.4 Å². The monoisotopic (exact) mass is 396 g/mol. The maximum absolute atomic E-state index is 13.0. The number of rotatable bonds is 5. The third kappa shape index (κ3) is 3.64. The Hall–Kier alpha value is -3.81. The van der Waals surface area contributed by atoms with Gasteiger partial charge in [-0.2, -0.15) is 0 Å². The first-order chi connectivity index (χ1) is 13.9. The zero-order valence-corrected chi connectivity index (χ0v) is 16.4. The summed E-state index contributed by atoms with van der Waals surface area (Å²) in [5.41, 5.74) is 1.40. The summed E-state index contributed by atoms with van der Waals surface area (Å²) in [5, 5.41) is 2.21. The largest absolute Gasteiger partial charge is 0.493 e. The zero-order chi connectivity index (χ0) is 21.1. The number of barbiturate groups is 1. The Morgan fingerprint density at radius 2 is 1.55 bits per heavy atom. The predicted octanol–water partition coefficient (Wildman–Crippen LogP) is 2.69. The smallest absolute Gasteiger partial charge is 0.335 e. The van der Waals surface area contributed by atoms with Crippen LogP contribution >= 0.6 is 0 Å². The lowest BCUT2D eigenvalue weighted by molar-refractivity contribution is -0.122. The summed E-state index contributed by atoms with van der Waals surface area (Å²) in [6.45, 7) is 1.77. The molecular formula is C21H20N2O6. The van der Waals surface area contributed by atoms with Gasteiger partial charge in [0.1, 0.15) is 5.57 Å². The molecule has 1 fully saturated rings. The number of aryl methyl sites for hydroxylation is 1. The summed E-state index contributed by atoms with van der Waals surface area (Å²) in [7, 11) is 4.40. The van der Waals surface area contributed by atoms with E-state index in [1.54, 1.807) is 43.3 Å². The van der Waals surface area contributed by atoms with E-state index in [0.29, 0.717) is 28.5 Å². The molecule has 0 saturated carbocycles. The Labute approximate surface area is 167 Å². The SMILES string of the molecule is COc1cc(C=C2C(=O)NC(=O)N(c3ccccc3C)C2=O)cc(OC)c1OC. The number of benzene rings is 2. The maximum Gasteiger partial charge on any atom is 0.335 e. The summed E-state index contributed by atoms with van der Waals surface area (Å²) in [5.74, 6) is -0.378. The van der Waals surface area contributed by atoms with Crippen molar-refractivity contribution in [3.8, 4) is 17.2 Å². The quantitative estimate of drug-likeness (QED) is 0.617. The van der Waals surface area contributed by atoms with E-state index in [1.165, 1.54) is 27.4 Å². The number of urea groups is 1. The van der Waals surface area contributed by atoms with Gasteiger partial charge in [-0.25, -0.2) is 9.69 Å². The average Bonchev–Trinajstić information content (AvgIpc) is 2.71. The Balaban J connectivity index is 2.09. The van der Waals surface area contributed by atoms with Crippen molar-refractivity contribution in [3.05, 3.63) is 53.1 Å². The third-order valence-electron chi connectivity index (χ3n) is 4.46. The molecule has 1 aliphatic heterocycles. The fraction of sp³-hybridized carbons (Fsp3) is 0.190. The number of imide groups is 2. The average molecular weight is 396 g/mol. The zero-order valence-electron chi connectivity index (χ0n) is 16.4. The van der Waals surface area contributed by atoms with Gasteiger partial charge in [0.2, 0.25) is 5.75 Å². The van der Waals surface area contributed by atoms with Crippen molar-refractivity contribution in [1.29, 1.82) is 0 Å². The number of ether oxygens (including phenoxy) is 3. The first kappa shape index (κ1) is 19.9. The number of anilines is 1. The molecule has 1 saturated heterocycles. The van der Waals surface area contributed by atoms with Gasteiger partial charge < -0.3 is 14.2 Å². The highest BCUT2D eigenvalue weighted by atomic mass is 16.5. The van der Waals surface area contributed by atoms with Crippen LogP contribution in [0.4, 0.5) is 10.5 Å². The molecule has 8 heteroatoms. The lowest BCUT2D eigenvalue weighted by Crippen LogP contribution is -2.54. The van der Waals surface area contributed by atoms with Gasteiger partial charge in [0.25, 0.3) is 11.8 Å². The summed E-state index contributed by atoms with van der Waals surface area (Å²) in [6.07, 6.45) is 1.37. The molecule has 0 radical (unpaired) electrons. The molecule has 29 heavy (non-hydrogen) atoms. The number of methoxy groups -OCH3 is 3. The second kappa shape index (κ2) is 8.05. The molecule has 150 valence electrons. The van der Waals surface area contributed by atoms with Crippen molar-refractivity contribution >= 4 is 29.6 Å². The normalized spacial score (nSPS) is 15.4. The Bertz CT molecular complexity index is 1000. The highest BCUT2D eigenvalue weighted by molar-refractivity contribution is 6.39. The van der Waals surface area contributed by atoms with Crippen LogP contribution in [0.15, 0.2) is 42.0 Å². The molecule has 0 unspecified atom stereocenters. The molecule has 0 atom stereocenters. The van der Waals surface area contributed by atoms with Gasteiger partial charge in [-0.3, -0.25) is 14.9 Å². The van der Waals surface area contributed by atoms with Gasteiger partial charge in [-0.15, -0.1) is 0 Å². The lowest BCUT2D eigenvalue weighted by atomic mass is 10.0. The van der Waals surface area contributed by atoms with E-state index in [4.69, 9.17) is 14.2 Å². The van der Waals surface area contributed by atoms with Gasteiger partial charge >= 0.3 is 6.03 Å². The standard InChI is InChI=1S/C21H20N2O6/c1-12-7-5-6-8-15(12)23-20(25)14(19(24)22-21(23)26)9-13-10-16(27-2)18(29-4)17(11-13)28-3/h5-11H,1-4H3,(H,22,24,26). The van der Waals surface area contributed by atoms with Gasteiger partial charge in [-0.05, 0) is 42.3 Å². The van der Waals surface area contributed by atoms with E-state index in [2.05, 4.69) is 5.32 Å². The number of nitrogens with one attached hydrogen (secondary N) is 1. The first-order valence-electron chi connectivity index (χ1n) is 8.68. The van der Waals surface area contributed by atoms with Crippen LogP contribution in [0.5, 0.6) is 17.2 Å². The second-order valence-corrected chi connectivity index (χ2v) is 6.20. The number of carbonyl (C=O) groups is 3. The van der Waals surface area contributed by atoms with E-state index >= 15 is 0 Å². The van der Waals surface area contributed by atoms with Crippen LogP contribution in [0, 0.1) is 6.92 Å². The predicted molar refractivity (Wildman–Crippen MR) is 106 cm³/mol. The van der Waals surface area contributed by atoms with E-state index in [0.717, 1.165) is 10.5 Å². The molecule has 3 rings (SSSR count). The van der Waals surface area contributed by atoms with Gasteiger partial charge in [-0.1, -0.05) is 18.2 Å². The number of nitrogens with zero attached hydrogens (tertiary/aromatic N) is 1. The van der Waals surface area contributed by atoms with Crippen LogP contribution in [0.2, 0.25) is 0 Å². The van der Waals surface area contributed by atoms with E-state index in [-0.39, 0.29) is 5.57 Å². The topological polar surface area (TPSA) is 94.2 Å². The van der Waals surface area contributed by atoms with E-state index in [9.17, 15) is 14.4 Å². The number of para-hydroxylation sites is 1. The molecule has 0 bridgehead atoms. The number of hydrogen-bond donors (Lipinski definition) is 1. The first-order valence-corrected chi connectivity index (χ1v) is 8.68. The molecule has 2 aromatic carbocycles. The third-order valence-corrected chi connectivity index (χ3v) is 4.46. The van der Waals surface area contributed by atoms with Gasteiger partial charge in [0.05, 0.1) is 27.0 Å². The fourth-order valence-corrected chi connectivity index (χ4v) is 3.04. The minimum atomic E-state index is -0.795. The molecule has 0 aliphatic carbocycles. The molecule has 1 N–H and O–H groups in total. The van der Waals surface area contributed by atoms with Crippen molar-refractivity contribution in [3.63, 3.8) is 0 Å². The molecule has 4 amide bonds. The molecule has 1 aliphatic rings. The minimum absolute atomic E-state index is 0.192. The number of amides is 4. The summed E-state index contributed by atoms with van der Waals surface area (Å²) >= 11 is 0. The van der Waals surface area contributed by atoms with Crippen molar-refractivity contribution in [2.45, 2.75) is 6.92 Å². The molecule has 2 aromatic rings. The van der Waals surface area contributed by atoms with Gasteiger partial charge in [0, 0.05) is 0 Å². The second-order valence-electron chi connectivity index (χ2n) is 6.20. The molecule has 0 aromatic heterocycles. The Morgan fingerprint density at radius 3 is 2.10 bits per heavy atom. The van der Waals surface area contributed by atoms with E-state index < -0.39 is 17.8 Å². The Kier molecular flexibility index (Phi) is 5.54. The van der Waals surface area contributed by atoms with Crippen molar-refractivity contribution in [2.75, 3.05) is 26.2 Å². The number of hydrogen-bond acceptors (Lipinski definition) is 6. The van der Waals surface area contributed by atoms with E-state index in [1.807, 2.05) is 0 Å². The number of carbonyl (C=O) groups excluding carboxylic acids is 3. The summed E-state index contributed by atoms with van der Waals surface area (Å²) in [6, 6.07) is 9.32. The highest BCUT2D eigenvalue weighted by Gasteiger charge is 2.37. The lowest BCUT2D eigenvalue weighted by Gasteiger charge is -2.27. The van der Waals surface area contributed by atoms with Gasteiger partial charge in [0.15, 0.2) is 11.5 Å². The Morgan fingerprint density at radius 1 is 0.931 bits per heavy atom. The maximum atomic E-state index is 13.0. The van der Waals surface area contributed by atoms with Crippen LogP contribution in [0.25, 0.3) is 6.08 Å². The molecular weight excluding hydrogens is 376 g/mol. The van der Waals surface area contributed by atoms with Crippen LogP contribution in [0.3, 0.4) is 0 Å². The van der Waals surface area contributed by atoms with Crippen LogP contribution in [-0.2, 0) is 9.59 Å². The summed E-state index contributed by atoms with van der Waals surface area (Å²) in [4.78, 5) is 38.7. The van der Waals surface area contributed by atoms with Crippen LogP contribution in [-0.4, -0.2) is 39.2 Å². The summed E-state index contributed by atoms with van der Waals surface area (Å²) < 4.78 is 15.9.